The third kappa shape index (κ3) is 3.79. The van der Waals surface area contributed by atoms with Crippen LogP contribution in [0.2, 0.25) is 0 Å². The average Bonchev–Trinajstić information content (AvgIpc) is 3.10. The van der Waals surface area contributed by atoms with Gasteiger partial charge in [0.2, 0.25) is 0 Å². The normalized spacial score (nSPS) is 22.0. The molecule has 1 fully saturated rings. The van der Waals surface area contributed by atoms with Gasteiger partial charge in [-0.25, -0.2) is 0 Å². The number of morpholine rings is 1. The number of rotatable bonds is 5. The largest absolute Gasteiger partial charge is 0.373 e. The van der Waals surface area contributed by atoms with Crippen LogP contribution >= 0.6 is 11.3 Å². The van der Waals surface area contributed by atoms with Crippen molar-refractivity contribution in [3.8, 4) is 0 Å². The molecular formula is C19H26N2O2S. The van der Waals surface area contributed by atoms with Crippen LogP contribution in [-0.4, -0.2) is 47.1 Å². The van der Waals surface area contributed by atoms with Gasteiger partial charge < -0.3 is 9.30 Å². The average molecular weight is 346 g/mol. The van der Waals surface area contributed by atoms with Crippen molar-refractivity contribution in [3.05, 3.63) is 45.4 Å². The molecule has 0 N–H and O–H groups in total. The van der Waals surface area contributed by atoms with Gasteiger partial charge in [-0.1, -0.05) is 6.07 Å². The minimum atomic E-state index is 0.188. The number of carbonyl (C=O) groups is 1. The molecule has 4 nitrogen and oxygen atoms in total. The number of aryl methyl sites for hydroxylation is 1. The van der Waals surface area contributed by atoms with Crippen molar-refractivity contribution in [1.29, 1.82) is 0 Å². The number of nitrogens with zero attached hydrogens (tertiary/aromatic N) is 2. The Bertz CT molecular complexity index is 695. The number of hydrogen-bond acceptors (Lipinski definition) is 4. The minimum Gasteiger partial charge on any atom is -0.373 e. The van der Waals surface area contributed by atoms with E-state index in [2.05, 4.69) is 54.7 Å². The number of hydrogen-bond donors (Lipinski definition) is 0. The quantitative estimate of drug-likeness (QED) is 0.777. The summed E-state index contributed by atoms with van der Waals surface area (Å²) in [5.41, 5.74) is 3.07. The van der Waals surface area contributed by atoms with Crippen LogP contribution < -0.4 is 0 Å². The van der Waals surface area contributed by atoms with Crippen LogP contribution in [0.4, 0.5) is 0 Å². The highest BCUT2D eigenvalue weighted by Crippen LogP contribution is 2.20. The lowest BCUT2D eigenvalue weighted by molar-refractivity contribution is -0.0652. The van der Waals surface area contributed by atoms with E-state index in [0.29, 0.717) is 6.54 Å². The van der Waals surface area contributed by atoms with Crippen LogP contribution in [0.1, 0.15) is 40.5 Å². The molecule has 0 radical (unpaired) electrons. The third-order valence-corrected chi connectivity index (χ3v) is 5.49. The fourth-order valence-electron chi connectivity index (χ4n) is 3.59. The number of carbonyl (C=O) groups excluding carboxylic acids is 1. The summed E-state index contributed by atoms with van der Waals surface area (Å²) in [7, 11) is 0. The predicted octanol–water partition coefficient (Wildman–Crippen LogP) is 3.51. The van der Waals surface area contributed by atoms with Gasteiger partial charge in [0.15, 0.2) is 5.78 Å². The first-order chi connectivity index (χ1) is 11.4. The van der Waals surface area contributed by atoms with E-state index in [4.69, 9.17) is 4.74 Å². The van der Waals surface area contributed by atoms with Crippen molar-refractivity contribution in [2.45, 2.75) is 46.4 Å². The zero-order valence-electron chi connectivity index (χ0n) is 14.9. The maximum absolute atomic E-state index is 12.8. The van der Waals surface area contributed by atoms with Crippen LogP contribution in [0.25, 0.3) is 0 Å². The summed E-state index contributed by atoms with van der Waals surface area (Å²) in [6.45, 7) is 11.2. The van der Waals surface area contributed by atoms with Crippen LogP contribution in [0, 0.1) is 13.8 Å². The molecule has 3 heterocycles. The van der Waals surface area contributed by atoms with Gasteiger partial charge in [0, 0.05) is 34.9 Å². The summed E-state index contributed by atoms with van der Waals surface area (Å²) in [6, 6.07) is 6.25. The molecule has 1 saturated heterocycles. The third-order valence-electron chi connectivity index (χ3n) is 4.63. The Morgan fingerprint density at radius 1 is 1.29 bits per heavy atom. The molecule has 0 saturated carbocycles. The van der Waals surface area contributed by atoms with E-state index in [1.165, 1.54) is 4.88 Å². The zero-order chi connectivity index (χ0) is 17.3. The van der Waals surface area contributed by atoms with Gasteiger partial charge in [0.25, 0.3) is 0 Å². The Balaban J connectivity index is 1.73. The van der Waals surface area contributed by atoms with Crippen LogP contribution in [0.15, 0.2) is 23.6 Å². The molecule has 1 aliphatic rings. The molecule has 0 aliphatic carbocycles. The van der Waals surface area contributed by atoms with Gasteiger partial charge in [-0.2, -0.15) is 0 Å². The lowest BCUT2D eigenvalue weighted by Gasteiger charge is -2.34. The van der Waals surface area contributed by atoms with E-state index in [1.807, 2.05) is 6.07 Å². The summed E-state index contributed by atoms with van der Waals surface area (Å²) in [5, 5.41) is 2.09. The lowest BCUT2D eigenvalue weighted by Crippen LogP contribution is -2.47. The van der Waals surface area contributed by atoms with Crippen molar-refractivity contribution in [2.24, 2.45) is 0 Å². The number of ether oxygens (including phenoxy) is 1. The number of ketones is 1. The highest BCUT2D eigenvalue weighted by Gasteiger charge is 2.25. The van der Waals surface area contributed by atoms with Crippen LogP contribution in [0.5, 0.6) is 0 Å². The second kappa shape index (κ2) is 7.21. The van der Waals surface area contributed by atoms with Gasteiger partial charge >= 0.3 is 0 Å². The topological polar surface area (TPSA) is 34.5 Å². The van der Waals surface area contributed by atoms with E-state index in [-0.39, 0.29) is 18.0 Å². The highest BCUT2D eigenvalue weighted by atomic mass is 32.1. The lowest BCUT2D eigenvalue weighted by atomic mass is 10.1. The van der Waals surface area contributed by atoms with Gasteiger partial charge in [-0.3, -0.25) is 9.69 Å². The predicted molar refractivity (Wildman–Crippen MR) is 98.1 cm³/mol. The van der Waals surface area contributed by atoms with E-state index in [1.54, 1.807) is 11.3 Å². The summed E-state index contributed by atoms with van der Waals surface area (Å²) in [5.74, 6) is 0.210. The first-order valence-electron chi connectivity index (χ1n) is 8.54. The van der Waals surface area contributed by atoms with Gasteiger partial charge in [0.05, 0.1) is 25.3 Å². The van der Waals surface area contributed by atoms with E-state index in [9.17, 15) is 4.79 Å². The molecule has 24 heavy (non-hydrogen) atoms. The fraction of sp³-hybridized carbons (Fsp3) is 0.526. The fourth-order valence-corrected chi connectivity index (χ4v) is 4.28. The number of aromatic nitrogens is 1. The Kier molecular flexibility index (Phi) is 5.23. The van der Waals surface area contributed by atoms with Gasteiger partial charge in [0.1, 0.15) is 0 Å². The minimum absolute atomic E-state index is 0.188. The SMILES string of the molecule is Cc1cc(C(=O)CN2CC(C)OC(C)C2)c(C)n1Cc1cccs1. The van der Waals surface area contributed by atoms with Gasteiger partial charge in [-0.05, 0) is 45.2 Å². The maximum Gasteiger partial charge on any atom is 0.178 e. The smallest absolute Gasteiger partial charge is 0.178 e. The molecule has 0 aromatic carbocycles. The molecule has 2 unspecified atom stereocenters. The second-order valence-corrected chi connectivity index (χ2v) is 7.86. The van der Waals surface area contributed by atoms with Crippen LogP contribution in [0.3, 0.4) is 0 Å². The Hall–Kier alpha value is -1.43. The van der Waals surface area contributed by atoms with Crippen molar-refractivity contribution >= 4 is 17.1 Å². The van der Waals surface area contributed by atoms with E-state index >= 15 is 0 Å². The van der Waals surface area contributed by atoms with Crippen molar-refractivity contribution in [2.75, 3.05) is 19.6 Å². The standard InChI is InChI=1S/C19H26N2O2S/c1-13-8-18(16(4)21(13)11-17-6-5-7-24-17)19(22)12-20-9-14(2)23-15(3)10-20/h5-8,14-15H,9-12H2,1-4H3. The molecular weight excluding hydrogens is 320 g/mol. The van der Waals surface area contributed by atoms with Crippen molar-refractivity contribution < 1.29 is 9.53 Å². The number of thiophene rings is 1. The second-order valence-electron chi connectivity index (χ2n) is 6.82. The zero-order valence-corrected chi connectivity index (χ0v) is 15.7. The molecule has 0 spiro atoms. The molecule has 3 rings (SSSR count). The van der Waals surface area contributed by atoms with Gasteiger partial charge in [-0.15, -0.1) is 11.3 Å². The molecule has 5 heteroatoms. The first-order valence-corrected chi connectivity index (χ1v) is 9.42. The Labute approximate surface area is 148 Å². The molecule has 2 aromatic heterocycles. The van der Waals surface area contributed by atoms with Crippen LogP contribution in [-0.2, 0) is 11.3 Å². The maximum atomic E-state index is 12.8. The summed E-state index contributed by atoms with van der Waals surface area (Å²) in [6.07, 6.45) is 0.376. The molecule has 0 bridgehead atoms. The molecule has 2 aromatic rings. The monoisotopic (exact) mass is 346 g/mol. The Morgan fingerprint density at radius 3 is 2.62 bits per heavy atom. The van der Waals surface area contributed by atoms with Crippen molar-refractivity contribution in [1.82, 2.24) is 9.47 Å². The molecule has 130 valence electrons. The summed E-state index contributed by atoms with van der Waals surface area (Å²) < 4.78 is 7.99. The van der Waals surface area contributed by atoms with E-state index in [0.717, 1.165) is 36.6 Å². The number of Topliss-reactive ketones (excluding diaryl/α,β-unsaturated/α-hetero) is 1. The van der Waals surface area contributed by atoms with Crippen molar-refractivity contribution in [3.63, 3.8) is 0 Å². The highest BCUT2D eigenvalue weighted by molar-refractivity contribution is 7.09. The van der Waals surface area contributed by atoms with E-state index < -0.39 is 0 Å². The molecule has 1 aliphatic heterocycles. The summed E-state index contributed by atoms with van der Waals surface area (Å²) >= 11 is 1.75. The summed E-state index contributed by atoms with van der Waals surface area (Å²) in [4.78, 5) is 16.3. The molecule has 2 atom stereocenters. The molecule has 0 amide bonds. The Morgan fingerprint density at radius 2 is 2.00 bits per heavy atom. The first kappa shape index (κ1) is 17.4.